The Labute approximate surface area is 124 Å². The van der Waals surface area contributed by atoms with Crippen molar-refractivity contribution in [3.8, 4) is 17.6 Å². The first-order chi connectivity index (χ1) is 9.70. The average Bonchev–Trinajstić information content (AvgIpc) is 2.45. The van der Waals surface area contributed by atoms with E-state index in [0.29, 0.717) is 13.2 Å². The largest absolute Gasteiger partial charge is 0.489 e. The van der Waals surface area contributed by atoms with Crippen LogP contribution in [0.4, 0.5) is 0 Å². The van der Waals surface area contributed by atoms with Crippen molar-refractivity contribution in [1.82, 2.24) is 0 Å². The molecule has 2 N–H and O–H groups in total. The van der Waals surface area contributed by atoms with Crippen molar-refractivity contribution in [2.24, 2.45) is 5.73 Å². The van der Waals surface area contributed by atoms with Crippen LogP contribution in [0.3, 0.4) is 0 Å². The molecule has 0 aliphatic heterocycles. The van der Waals surface area contributed by atoms with Crippen molar-refractivity contribution < 1.29 is 4.74 Å². The van der Waals surface area contributed by atoms with Crippen LogP contribution in [0.25, 0.3) is 0 Å². The molecule has 102 valence electrons. The van der Waals surface area contributed by atoms with E-state index >= 15 is 0 Å². The Bertz CT molecular complexity index is 656. The van der Waals surface area contributed by atoms with Gasteiger partial charge in [0.1, 0.15) is 12.4 Å². The van der Waals surface area contributed by atoms with Gasteiger partial charge in [0.25, 0.3) is 0 Å². The molecule has 0 spiro atoms. The minimum atomic E-state index is 0.365. The Morgan fingerprint density at radius 2 is 2.00 bits per heavy atom. The van der Waals surface area contributed by atoms with E-state index < -0.39 is 0 Å². The summed E-state index contributed by atoms with van der Waals surface area (Å²) < 4.78 is 5.81. The fraction of sp³-hybridized carbons (Fsp3) is 0.176. The molecule has 20 heavy (non-hydrogen) atoms. The van der Waals surface area contributed by atoms with Crippen LogP contribution in [-0.4, -0.2) is 6.54 Å². The van der Waals surface area contributed by atoms with E-state index in [1.54, 1.807) is 0 Å². The zero-order valence-corrected chi connectivity index (χ0v) is 12.1. The number of halogens is 1. The van der Waals surface area contributed by atoms with Crippen LogP contribution in [-0.2, 0) is 6.61 Å². The molecular formula is C17H16ClNO. The summed E-state index contributed by atoms with van der Waals surface area (Å²) in [4.78, 5) is 0. The molecule has 2 aromatic carbocycles. The zero-order valence-electron chi connectivity index (χ0n) is 11.3. The van der Waals surface area contributed by atoms with Gasteiger partial charge in [0.15, 0.2) is 0 Å². The van der Waals surface area contributed by atoms with Gasteiger partial charge in [-0.05, 0) is 36.8 Å². The van der Waals surface area contributed by atoms with E-state index in [4.69, 9.17) is 22.1 Å². The first kappa shape index (κ1) is 14.5. The van der Waals surface area contributed by atoms with Crippen molar-refractivity contribution in [2.45, 2.75) is 13.5 Å². The van der Waals surface area contributed by atoms with Crippen LogP contribution in [0, 0.1) is 18.8 Å². The molecule has 0 heterocycles. The van der Waals surface area contributed by atoms with Crippen molar-refractivity contribution in [1.29, 1.82) is 0 Å². The summed E-state index contributed by atoms with van der Waals surface area (Å²) >= 11 is 6.10. The molecule has 0 saturated heterocycles. The van der Waals surface area contributed by atoms with Gasteiger partial charge in [0.05, 0.1) is 6.54 Å². The number of hydrogen-bond acceptors (Lipinski definition) is 2. The average molecular weight is 286 g/mol. The third kappa shape index (κ3) is 3.77. The highest BCUT2D eigenvalue weighted by molar-refractivity contribution is 6.31. The molecule has 0 aliphatic carbocycles. The number of aryl methyl sites for hydroxylation is 1. The van der Waals surface area contributed by atoms with Crippen LogP contribution >= 0.6 is 11.6 Å². The topological polar surface area (TPSA) is 35.2 Å². The predicted molar refractivity (Wildman–Crippen MR) is 82.9 cm³/mol. The Morgan fingerprint density at radius 1 is 1.20 bits per heavy atom. The lowest BCUT2D eigenvalue weighted by Gasteiger charge is -2.10. The normalized spacial score (nSPS) is 9.75. The molecule has 0 unspecified atom stereocenters. The maximum Gasteiger partial charge on any atom is 0.122 e. The maximum absolute atomic E-state index is 6.10. The summed E-state index contributed by atoms with van der Waals surface area (Å²) in [5.41, 5.74) is 8.32. The number of ether oxygens (including phenoxy) is 1. The molecule has 0 amide bonds. The molecule has 0 radical (unpaired) electrons. The molecule has 0 fully saturated rings. The second-order valence-electron chi connectivity index (χ2n) is 4.37. The fourth-order valence-corrected chi connectivity index (χ4v) is 2.00. The quantitative estimate of drug-likeness (QED) is 0.876. The molecule has 0 aliphatic rings. The minimum absolute atomic E-state index is 0.365. The Kier molecular flexibility index (Phi) is 5.06. The third-order valence-electron chi connectivity index (χ3n) is 2.85. The van der Waals surface area contributed by atoms with E-state index in [9.17, 15) is 0 Å². The van der Waals surface area contributed by atoms with Gasteiger partial charge in [-0.2, -0.15) is 0 Å². The van der Waals surface area contributed by atoms with Crippen LogP contribution in [0.2, 0.25) is 5.02 Å². The highest BCUT2D eigenvalue weighted by atomic mass is 35.5. The summed E-state index contributed by atoms with van der Waals surface area (Å²) in [6.07, 6.45) is 0. The van der Waals surface area contributed by atoms with E-state index in [1.807, 2.05) is 49.4 Å². The number of benzene rings is 2. The molecule has 2 nitrogen and oxygen atoms in total. The SMILES string of the molecule is Cc1cc(C#CCN)ccc1OCc1ccccc1Cl. The van der Waals surface area contributed by atoms with Gasteiger partial charge in [0, 0.05) is 16.1 Å². The molecule has 0 aromatic heterocycles. The van der Waals surface area contributed by atoms with Crippen LogP contribution in [0.1, 0.15) is 16.7 Å². The summed E-state index contributed by atoms with van der Waals surface area (Å²) in [7, 11) is 0. The maximum atomic E-state index is 6.10. The second kappa shape index (κ2) is 7.00. The van der Waals surface area contributed by atoms with Gasteiger partial charge < -0.3 is 10.5 Å². The zero-order chi connectivity index (χ0) is 14.4. The van der Waals surface area contributed by atoms with E-state index in [0.717, 1.165) is 27.5 Å². The number of nitrogens with two attached hydrogens (primary N) is 1. The fourth-order valence-electron chi connectivity index (χ4n) is 1.81. The lowest BCUT2D eigenvalue weighted by molar-refractivity contribution is 0.304. The van der Waals surface area contributed by atoms with Crippen LogP contribution < -0.4 is 10.5 Å². The van der Waals surface area contributed by atoms with E-state index in [1.165, 1.54) is 0 Å². The predicted octanol–water partition coefficient (Wildman–Crippen LogP) is 3.54. The van der Waals surface area contributed by atoms with Gasteiger partial charge in [-0.15, -0.1) is 0 Å². The summed E-state index contributed by atoms with van der Waals surface area (Å²) in [6, 6.07) is 13.5. The Hall–Kier alpha value is -1.95. The van der Waals surface area contributed by atoms with Crippen molar-refractivity contribution in [2.75, 3.05) is 6.54 Å². The third-order valence-corrected chi connectivity index (χ3v) is 3.22. The standard InChI is InChI=1S/C17H16ClNO/c1-13-11-14(5-4-10-19)8-9-17(13)20-12-15-6-2-3-7-16(15)18/h2-3,6-9,11H,10,12,19H2,1H3. The monoisotopic (exact) mass is 285 g/mol. The summed E-state index contributed by atoms with van der Waals surface area (Å²) in [5.74, 6) is 6.68. The van der Waals surface area contributed by atoms with E-state index in [2.05, 4.69) is 11.8 Å². The highest BCUT2D eigenvalue weighted by Gasteiger charge is 2.03. The molecule has 0 atom stereocenters. The van der Waals surface area contributed by atoms with E-state index in [-0.39, 0.29) is 0 Å². The summed E-state index contributed by atoms with van der Waals surface area (Å²) in [5, 5.41) is 0.718. The first-order valence-electron chi connectivity index (χ1n) is 6.36. The molecule has 0 bridgehead atoms. The Balaban J connectivity index is 2.09. The van der Waals surface area contributed by atoms with Gasteiger partial charge in [-0.3, -0.25) is 0 Å². The lowest BCUT2D eigenvalue weighted by atomic mass is 10.1. The second-order valence-corrected chi connectivity index (χ2v) is 4.77. The molecule has 2 aromatic rings. The van der Waals surface area contributed by atoms with Crippen LogP contribution in [0.15, 0.2) is 42.5 Å². The van der Waals surface area contributed by atoms with Crippen molar-refractivity contribution in [3.63, 3.8) is 0 Å². The first-order valence-corrected chi connectivity index (χ1v) is 6.74. The van der Waals surface area contributed by atoms with Gasteiger partial charge >= 0.3 is 0 Å². The summed E-state index contributed by atoms with van der Waals surface area (Å²) in [6.45, 7) is 2.81. The molecule has 0 saturated carbocycles. The molecule has 2 rings (SSSR count). The molecule has 3 heteroatoms. The minimum Gasteiger partial charge on any atom is -0.489 e. The Morgan fingerprint density at radius 3 is 2.70 bits per heavy atom. The van der Waals surface area contributed by atoms with Gasteiger partial charge in [0.2, 0.25) is 0 Å². The number of hydrogen-bond donors (Lipinski definition) is 1. The van der Waals surface area contributed by atoms with Gasteiger partial charge in [-0.25, -0.2) is 0 Å². The number of rotatable bonds is 3. The lowest BCUT2D eigenvalue weighted by Crippen LogP contribution is -1.98. The van der Waals surface area contributed by atoms with Crippen LogP contribution in [0.5, 0.6) is 5.75 Å². The van der Waals surface area contributed by atoms with Gasteiger partial charge in [-0.1, -0.05) is 41.6 Å². The van der Waals surface area contributed by atoms with Crippen molar-refractivity contribution >= 4 is 11.6 Å². The molecular weight excluding hydrogens is 270 g/mol. The van der Waals surface area contributed by atoms with Crippen molar-refractivity contribution in [3.05, 3.63) is 64.2 Å². The highest BCUT2D eigenvalue weighted by Crippen LogP contribution is 2.22. The smallest absolute Gasteiger partial charge is 0.122 e.